The van der Waals surface area contributed by atoms with Crippen molar-refractivity contribution in [3.8, 4) is 0 Å². The summed E-state index contributed by atoms with van der Waals surface area (Å²) < 4.78 is 16.9. The highest BCUT2D eigenvalue weighted by atomic mass is 19.1. The number of nitrogens with two attached hydrogens (primary N) is 1. The zero-order valence-electron chi connectivity index (χ0n) is 18.7. The lowest BCUT2D eigenvalue weighted by Crippen LogP contribution is -2.33. The third-order valence-electron chi connectivity index (χ3n) is 5.99. The second-order valence-corrected chi connectivity index (χ2v) is 8.15. The van der Waals surface area contributed by atoms with Gasteiger partial charge in [-0.05, 0) is 24.6 Å². The normalized spacial score (nSPS) is 14.2. The lowest BCUT2D eigenvalue weighted by Gasteiger charge is -2.06. The van der Waals surface area contributed by atoms with E-state index in [-0.39, 0.29) is 29.0 Å². The Kier molecular flexibility index (Phi) is 5.68. The van der Waals surface area contributed by atoms with E-state index in [1.807, 2.05) is 24.3 Å². The number of fused-ring (bicyclic) bond motifs is 2. The number of rotatable bonds is 7. The fourth-order valence-corrected chi connectivity index (χ4v) is 4.52. The molecular weight excluding hydrogens is 469 g/mol. The number of H-pyrrole nitrogens is 1. The Morgan fingerprint density at radius 1 is 1.11 bits per heavy atom. The number of amides is 2. The average molecular weight is 489 g/mol. The van der Waals surface area contributed by atoms with E-state index in [4.69, 9.17) is 5.73 Å². The predicted molar refractivity (Wildman–Crippen MR) is 131 cm³/mol. The first-order valence-corrected chi connectivity index (χ1v) is 11.0. The molecule has 5 rings (SSSR count). The number of nitro groups is 1. The van der Waals surface area contributed by atoms with Crippen LogP contribution in [0.2, 0.25) is 0 Å². The van der Waals surface area contributed by atoms with Crippen LogP contribution < -0.4 is 16.4 Å². The highest BCUT2D eigenvalue weighted by Gasteiger charge is 2.35. The van der Waals surface area contributed by atoms with Crippen molar-refractivity contribution in [2.45, 2.75) is 13.0 Å². The summed E-state index contributed by atoms with van der Waals surface area (Å²) >= 11 is 0. The second-order valence-electron chi connectivity index (χ2n) is 8.15. The lowest BCUT2D eigenvalue weighted by atomic mass is 9.95. The summed E-state index contributed by atoms with van der Waals surface area (Å²) in [4.78, 5) is 39.4. The maximum atomic E-state index is 15.1. The molecule has 0 bridgehead atoms. The molecule has 0 saturated heterocycles. The highest BCUT2D eigenvalue weighted by Crippen LogP contribution is 2.39. The Balaban J connectivity index is 1.58. The molecule has 12 heteroatoms. The fraction of sp³-hybridized carbons (Fsp3) is 0.125. The number of hydrogen-bond donors (Lipinski definition) is 4. The highest BCUT2D eigenvalue weighted by molar-refractivity contribution is 6.50. The van der Waals surface area contributed by atoms with Gasteiger partial charge < -0.3 is 20.6 Å². The number of aryl methyl sites for hydroxylation is 1. The molecule has 0 saturated carbocycles. The van der Waals surface area contributed by atoms with E-state index in [1.165, 1.54) is 6.07 Å². The molecule has 1 aliphatic rings. The van der Waals surface area contributed by atoms with Crippen LogP contribution in [-0.2, 0) is 16.1 Å². The molecule has 2 amide bonds. The molecule has 4 aromatic rings. The van der Waals surface area contributed by atoms with Crippen LogP contribution in [0.3, 0.4) is 0 Å². The molecule has 0 fully saturated rings. The SMILES string of the molecule is NC(=N[N+](=O)[O-])NCCCn1cc(C2=C(c3c[nH]c4ccccc34)C(=O)NC2=O)c2c(F)cccc21. The molecule has 2 aromatic heterocycles. The van der Waals surface area contributed by atoms with Crippen molar-refractivity contribution in [3.05, 3.63) is 81.9 Å². The lowest BCUT2D eigenvalue weighted by molar-refractivity contribution is -0.485. The Bertz CT molecular complexity index is 1620. The van der Waals surface area contributed by atoms with Crippen molar-refractivity contribution in [1.82, 2.24) is 20.2 Å². The molecule has 5 N–H and O–H groups in total. The van der Waals surface area contributed by atoms with E-state index in [0.717, 1.165) is 10.9 Å². The monoisotopic (exact) mass is 489 g/mol. The Morgan fingerprint density at radius 3 is 2.64 bits per heavy atom. The Hall–Kier alpha value is -5.00. The van der Waals surface area contributed by atoms with E-state index in [1.54, 1.807) is 29.1 Å². The first-order chi connectivity index (χ1) is 17.3. The quantitative estimate of drug-likeness (QED) is 0.0778. The van der Waals surface area contributed by atoms with Crippen LogP contribution in [0.25, 0.3) is 33.0 Å². The van der Waals surface area contributed by atoms with Gasteiger partial charge in [0, 0.05) is 52.9 Å². The molecule has 0 aliphatic carbocycles. The number of hydrogen-bond acceptors (Lipinski definition) is 4. The number of imide groups is 1. The van der Waals surface area contributed by atoms with E-state index in [9.17, 15) is 19.7 Å². The van der Waals surface area contributed by atoms with Gasteiger partial charge in [-0.2, -0.15) is 0 Å². The number of nitrogens with one attached hydrogen (secondary N) is 3. The second kappa shape index (κ2) is 8.98. The van der Waals surface area contributed by atoms with Gasteiger partial charge in [0.15, 0.2) is 5.03 Å². The number of halogens is 1. The number of benzene rings is 2. The van der Waals surface area contributed by atoms with Crippen molar-refractivity contribution in [2.75, 3.05) is 6.54 Å². The standard InChI is InChI=1S/C24H20FN7O4/c25-16-6-3-8-18-19(16)15(12-31(18)10-4-9-27-24(26)30-32(35)36)21-20(22(33)29-23(21)34)14-11-28-17-7-2-1-5-13(14)17/h1-3,5-8,11-12,28H,4,9-10H2,(H3,26,27,30)(H,29,33,34). The van der Waals surface area contributed by atoms with Crippen LogP contribution in [0.5, 0.6) is 0 Å². The largest absolute Gasteiger partial charge is 0.365 e. The predicted octanol–water partition coefficient (Wildman–Crippen LogP) is 2.32. The third kappa shape index (κ3) is 3.94. The zero-order valence-corrected chi connectivity index (χ0v) is 18.7. The van der Waals surface area contributed by atoms with E-state index in [0.29, 0.717) is 29.6 Å². The van der Waals surface area contributed by atoms with Gasteiger partial charge in [-0.15, -0.1) is 0 Å². The topological polar surface area (TPSA) is 160 Å². The zero-order chi connectivity index (χ0) is 25.4. The number of nitrogens with zero attached hydrogens (tertiary/aromatic N) is 3. The van der Waals surface area contributed by atoms with Gasteiger partial charge >= 0.3 is 0 Å². The maximum absolute atomic E-state index is 15.1. The number of aromatic nitrogens is 2. The number of guanidine groups is 1. The minimum absolute atomic E-state index is 0.0964. The van der Waals surface area contributed by atoms with Crippen molar-refractivity contribution in [1.29, 1.82) is 0 Å². The van der Waals surface area contributed by atoms with Crippen molar-refractivity contribution < 1.29 is 19.0 Å². The van der Waals surface area contributed by atoms with Crippen molar-refractivity contribution >= 4 is 50.7 Å². The first-order valence-electron chi connectivity index (χ1n) is 11.0. The van der Waals surface area contributed by atoms with Crippen LogP contribution >= 0.6 is 0 Å². The molecule has 3 heterocycles. The third-order valence-corrected chi connectivity index (χ3v) is 5.99. The summed E-state index contributed by atoms with van der Waals surface area (Å²) in [5, 5.41) is 18.4. The molecule has 0 atom stereocenters. The number of carbonyl (C=O) groups is 2. The number of aromatic amines is 1. The minimum atomic E-state index is -0.899. The Labute approximate surface area is 202 Å². The van der Waals surface area contributed by atoms with Gasteiger partial charge in [0.25, 0.3) is 17.8 Å². The van der Waals surface area contributed by atoms with Gasteiger partial charge in [0.1, 0.15) is 10.9 Å². The van der Waals surface area contributed by atoms with E-state index in [2.05, 4.69) is 20.7 Å². The first kappa shape index (κ1) is 22.8. The molecule has 0 spiro atoms. The molecule has 182 valence electrons. The van der Waals surface area contributed by atoms with Gasteiger partial charge in [-0.1, -0.05) is 24.3 Å². The summed E-state index contributed by atoms with van der Waals surface area (Å²) in [6.07, 6.45) is 3.77. The molecule has 2 aromatic carbocycles. The van der Waals surface area contributed by atoms with Gasteiger partial charge in [-0.3, -0.25) is 14.9 Å². The summed E-state index contributed by atoms with van der Waals surface area (Å²) in [6.45, 7) is 0.652. The van der Waals surface area contributed by atoms with Crippen molar-refractivity contribution in [3.63, 3.8) is 0 Å². The van der Waals surface area contributed by atoms with Gasteiger partial charge in [0.05, 0.1) is 16.7 Å². The average Bonchev–Trinajstić information content (AvgIpc) is 3.49. The summed E-state index contributed by atoms with van der Waals surface area (Å²) in [5.74, 6) is -2.01. The minimum Gasteiger partial charge on any atom is -0.365 e. The Morgan fingerprint density at radius 2 is 1.86 bits per heavy atom. The van der Waals surface area contributed by atoms with Gasteiger partial charge in [0.2, 0.25) is 0 Å². The van der Waals surface area contributed by atoms with Crippen LogP contribution in [-0.4, -0.2) is 38.9 Å². The molecule has 36 heavy (non-hydrogen) atoms. The molecular formula is C24H20FN7O4. The summed E-state index contributed by atoms with van der Waals surface area (Å²) in [7, 11) is 0. The number of hydrazone groups is 1. The summed E-state index contributed by atoms with van der Waals surface area (Å²) in [6, 6.07) is 12.0. The maximum Gasteiger partial charge on any atom is 0.266 e. The molecule has 1 aliphatic heterocycles. The van der Waals surface area contributed by atoms with Gasteiger partial charge in [-0.25, -0.2) is 14.5 Å². The van der Waals surface area contributed by atoms with Crippen molar-refractivity contribution in [2.24, 2.45) is 10.8 Å². The summed E-state index contributed by atoms with van der Waals surface area (Å²) in [5.41, 5.74) is 7.89. The smallest absolute Gasteiger partial charge is 0.266 e. The van der Waals surface area contributed by atoms with Crippen LogP contribution in [0, 0.1) is 15.9 Å². The fourth-order valence-electron chi connectivity index (χ4n) is 4.52. The molecule has 11 nitrogen and oxygen atoms in total. The van der Waals surface area contributed by atoms with Crippen LogP contribution in [0.4, 0.5) is 4.39 Å². The van der Waals surface area contributed by atoms with E-state index >= 15 is 4.39 Å². The number of carbonyl (C=O) groups excluding carboxylic acids is 2. The number of para-hydroxylation sites is 1. The molecule has 0 radical (unpaired) electrons. The van der Waals surface area contributed by atoms with Crippen LogP contribution in [0.15, 0.2) is 60.0 Å². The van der Waals surface area contributed by atoms with Crippen LogP contribution in [0.1, 0.15) is 17.5 Å². The van der Waals surface area contributed by atoms with E-state index < -0.39 is 22.7 Å². The molecule has 0 unspecified atom stereocenters.